The fourth-order valence-electron chi connectivity index (χ4n) is 3.97. The SMILES string of the molecule is CCn1c(C2CC(NC(=O)c3cccc(C)c3)NN2)cc2c(OC)cccc21. The van der Waals surface area contributed by atoms with E-state index in [1.54, 1.807) is 7.11 Å². The fraction of sp³-hybridized carbons (Fsp3) is 0.318. The second-order valence-corrected chi connectivity index (χ2v) is 7.18. The summed E-state index contributed by atoms with van der Waals surface area (Å²) in [5, 5.41) is 4.18. The van der Waals surface area contributed by atoms with Crippen LogP contribution >= 0.6 is 0 Å². The lowest BCUT2D eigenvalue weighted by atomic mass is 10.1. The first-order valence-corrected chi connectivity index (χ1v) is 9.65. The van der Waals surface area contributed by atoms with E-state index in [0.29, 0.717) is 5.56 Å². The zero-order valence-corrected chi connectivity index (χ0v) is 16.5. The minimum Gasteiger partial charge on any atom is -0.496 e. The Kier molecular flexibility index (Phi) is 5.07. The molecule has 4 rings (SSSR count). The van der Waals surface area contributed by atoms with Gasteiger partial charge in [0.2, 0.25) is 0 Å². The van der Waals surface area contributed by atoms with E-state index in [-0.39, 0.29) is 18.1 Å². The average molecular weight is 378 g/mol. The molecule has 146 valence electrons. The zero-order chi connectivity index (χ0) is 19.7. The average Bonchev–Trinajstić information content (AvgIpc) is 3.31. The van der Waals surface area contributed by atoms with E-state index in [0.717, 1.165) is 35.2 Å². The molecule has 1 amide bonds. The summed E-state index contributed by atoms with van der Waals surface area (Å²) in [4.78, 5) is 12.5. The van der Waals surface area contributed by atoms with Gasteiger partial charge in [0.25, 0.3) is 5.91 Å². The molecular formula is C22H26N4O2. The summed E-state index contributed by atoms with van der Waals surface area (Å²) in [6.07, 6.45) is 0.624. The van der Waals surface area contributed by atoms with Gasteiger partial charge in [0.1, 0.15) is 5.75 Å². The van der Waals surface area contributed by atoms with Gasteiger partial charge >= 0.3 is 0 Å². The molecule has 0 radical (unpaired) electrons. The Morgan fingerprint density at radius 1 is 1.21 bits per heavy atom. The van der Waals surface area contributed by atoms with Gasteiger partial charge < -0.3 is 14.6 Å². The van der Waals surface area contributed by atoms with Gasteiger partial charge in [-0.2, -0.15) is 0 Å². The third kappa shape index (κ3) is 3.37. The van der Waals surface area contributed by atoms with Gasteiger partial charge in [-0.25, -0.2) is 10.9 Å². The van der Waals surface area contributed by atoms with Crippen molar-refractivity contribution in [3.63, 3.8) is 0 Å². The highest BCUT2D eigenvalue weighted by Crippen LogP contribution is 2.33. The van der Waals surface area contributed by atoms with E-state index in [9.17, 15) is 4.79 Å². The highest BCUT2D eigenvalue weighted by atomic mass is 16.5. The number of methoxy groups -OCH3 is 1. The van der Waals surface area contributed by atoms with Crippen LogP contribution in [0, 0.1) is 6.92 Å². The number of aryl methyl sites for hydroxylation is 2. The van der Waals surface area contributed by atoms with E-state index < -0.39 is 0 Å². The van der Waals surface area contributed by atoms with Gasteiger partial charge in [0, 0.05) is 29.6 Å². The Morgan fingerprint density at radius 3 is 2.79 bits per heavy atom. The van der Waals surface area contributed by atoms with Crippen molar-refractivity contribution < 1.29 is 9.53 Å². The molecular weight excluding hydrogens is 352 g/mol. The molecule has 2 heterocycles. The van der Waals surface area contributed by atoms with E-state index in [1.165, 1.54) is 5.69 Å². The minimum absolute atomic E-state index is 0.0682. The van der Waals surface area contributed by atoms with Crippen molar-refractivity contribution in [3.8, 4) is 5.75 Å². The van der Waals surface area contributed by atoms with Crippen LogP contribution in [0.5, 0.6) is 5.75 Å². The lowest BCUT2D eigenvalue weighted by Gasteiger charge is -2.14. The van der Waals surface area contributed by atoms with Crippen molar-refractivity contribution in [2.24, 2.45) is 0 Å². The first kappa shape index (κ1) is 18.5. The Labute approximate surface area is 164 Å². The van der Waals surface area contributed by atoms with Crippen LogP contribution in [0.15, 0.2) is 48.5 Å². The zero-order valence-electron chi connectivity index (χ0n) is 16.5. The lowest BCUT2D eigenvalue weighted by molar-refractivity contribution is 0.0932. The molecule has 0 aliphatic carbocycles. The van der Waals surface area contributed by atoms with Crippen LogP contribution in [-0.2, 0) is 6.54 Å². The van der Waals surface area contributed by atoms with Gasteiger partial charge in [-0.15, -0.1) is 0 Å². The van der Waals surface area contributed by atoms with E-state index in [1.807, 2.05) is 43.3 Å². The van der Waals surface area contributed by atoms with Crippen LogP contribution in [0.1, 0.15) is 41.0 Å². The maximum Gasteiger partial charge on any atom is 0.252 e. The van der Waals surface area contributed by atoms with Crippen molar-refractivity contribution in [2.75, 3.05) is 7.11 Å². The van der Waals surface area contributed by atoms with Gasteiger partial charge in [-0.05, 0) is 44.2 Å². The van der Waals surface area contributed by atoms with E-state index in [4.69, 9.17) is 4.74 Å². The highest BCUT2D eigenvalue weighted by Gasteiger charge is 2.29. The number of nitrogens with one attached hydrogen (secondary N) is 3. The van der Waals surface area contributed by atoms with Crippen LogP contribution in [-0.4, -0.2) is 23.7 Å². The van der Waals surface area contributed by atoms with Crippen molar-refractivity contribution in [1.82, 2.24) is 20.7 Å². The number of aromatic nitrogens is 1. The van der Waals surface area contributed by atoms with Crippen LogP contribution < -0.4 is 20.9 Å². The molecule has 1 aromatic heterocycles. The topological polar surface area (TPSA) is 67.3 Å². The minimum atomic E-state index is -0.136. The summed E-state index contributed by atoms with van der Waals surface area (Å²) in [7, 11) is 1.70. The fourth-order valence-corrected chi connectivity index (χ4v) is 3.97. The van der Waals surface area contributed by atoms with E-state index >= 15 is 0 Å². The molecule has 6 nitrogen and oxygen atoms in total. The number of hydrazine groups is 1. The highest BCUT2D eigenvalue weighted by molar-refractivity contribution is 5.94. The Morgan fingerprint density at radius 2 is 2.04 bits per heavy atom. The standard InChI is InChI=1S/C22H26N4O2/c1-4-26-18-9-6-10-20(28-3)16(18)12-19(26)17-13-21(25-24-17)23-22(27)15-8-5-7-14(2)11-15/h5-12,17,21,24-25H,4,13H2,1-3H3,(H,23,27). The van der Waals surface area contributed by atoms with Crippen molar-refractivity contribution in [3.05, 3.63) is 65.4 Å². The summed E-state index contributed by atoms with van der Waals surface area (Å²) in [6.45, 7) is 4.99. The van der Waals surface area contributed by atoms with Crippen LogP contribution in [0.3, 0.4) is 0 Å². The molecule has 6 heteroatoms. The normalized spacial score (nSPS) is 19.1. The molecule has 2 aromatic carbocycles. The number of rotatable bonds is 5. The molecule has 2 atom stereocenters. The second kappa shape index (κ2) is 7.66. The molecule has 1 saturated heterocycles. The van der Waals surface area contributed by atoms with Crippen LogP contribution in [0.4, 0.5) is 0 Å². The summed E-state index contributed by atoms with van der Waals surface area (Å²) in [5.74, 6) is 0.808. The predicted molar refractivity (Wildman–Crippen MR) is 110 cm³/mol. The summed E-state index contributed by atoms with van der Waals surface area (Å²) < 4.78 is 7.82. The van der Waals surface area contributed by atoms with Crippen molar-refractivity contribution in [2.45, 2.75) is 39.0 Å². The number of benzene rings is 2. The first-order valence-electron chi connectivity index (χ1n) is 9.65. The molecule has 1 fully saturated rings. The molecule has 2 unspecified atom stereocenters. The molecule has 0 spiro atoms. The van der Waals surface area contributed by atoms with Gasteiger partial charge in [-0.3, -0.25) is 4.79 Å². The number of nitrogens with zero attached hydrogens (tertiary/aromatic N) is 1. The van der Waals surface area contributed by atoms with E-state index in [2.05, 4.69) is 39.8 Å². The molecule has 28 heavy (non-hydrogen) atoms. The van der Waals surface area contributed by atoms with Crippen molar-refractivity contribution in [1.29, 1.82) is 0 Å². The molecule has 0 saturated carbocycles. The summed E-state index contributed by atoms with van der Waals surface area (Å²) >= 11 is 0. The van der Waals surface area contributed by atoms with Gasteiger partial charge in [0.15, 0.2) is 0 Å². The maximum atomic E-state index is 12.5. The number of hydrogen-bond donors (Lipinski definition) is 3. The summed E-state index contributed by atoms with van der Waals surface area (Å²) in [5.41, 5.74) is 10.6. The van der Waals surface area contributed by atoms with Crippen LogP contribution in [0.2, 0.25) is 0 Å². The van der Waals surface area contributed by atoms with Gasteiger partial charge in [-0.1, -0.05) is 23.8 Å². The molecule has 3 N–H and O–H groups in total. The number of ether oxygens (including phenoxy) is 1. The first-order chi connectivity index (χ1) is 13.6. The van der Waals surface area contributed by atoms with Crippen LogP contribution in [0.25, 0.3) is 10.9 Å². The monoisotopic (exact) mass is 378 g/mol. The third-order valence-corrected chi connectivity index (χ3v) is 5.32. The molecule has 0 bridgehead atoms. The Balaban J connectivity index is 1.53. The number of carbonyl (C=O) groups is 1. The molecule has 1 aliphatic rings. The number of fused-ring (bicyclic) bond motifs is 1. The maximum absolute atomic E-state index is 12.5. The lowest BCUT2D eigenvalue weighted by Crippen LogP contribution is -2.44. The smallest absolute Gasteiger partial charge is 0.252 e. The number of hydrogen-bond acceptors (Lipinski definition) is 4. The number of carbonyl (C=O) groups excluding carboxylic acids is 1. The quantitative estimate of drug-likeness (QED) is 0.637. The summed E-state index contributed by atoms with van der Waals surface area (Å²) in [6, 6.07) is 16.0. The predicted octanol–water partition coefficient (Wildman–Crippen LogP) is 3.27. The molecule has 3 aromatic rings. The Hall–Kier alpha value is -2.83. The third-order valence-electron chi connectivity index (χ3n) is 5.32. The second-order valence-electron chi connectivity index (χ2n) is 7.18. The molecule has 1 aliphatic heterocycles. The number of amides is 1. The van der Waals surface area contributed by atoms with Gasteiger partial charge in [0.05, 0.1) is 24.8 Å². The Bertz CT molecular complexity index is 1010. The largest absolute Gasteiger partial charge is 0.496 e. The van der Waals surface area contributed by atoms with Crippen molar-refractivity contribution >= 4 is 16.8 Å².